The summed E-state index contributed by atoms with van der Waals surface area (Å²) in [5.41, 5.74) is 0.993. The number of amides is 1. The highest BCUT2D eigenvalue weighted by Crippen LogP contribution is 2.26. The van der Waals surface area contributed by atoms with E-state index in [-0.39, 0.29) is 17.9 Å². The lowest BCUT2D eigenvalue weighted by molar-refractivity contribution is -0.141. The first-order chi connectivity index (χ1) is 9.95. The largest absolute Gasteiger partial charge is 0.481 e. The van der Waals surface area contributed by atoms with Crippen LogP contribution in [0.2, 0.25) is 5.02 Å². The molecule has 0 heterocycles. The molecule has 6 heteroatoms. The Labute approximate surface area is 137 Å². The smallest absolute Gasteiger partial charge is 0.306 e. The number of rotatable bonds is 5. The van der Waals surface area contributed by atoms with Crippen LogP contribution < -0.4 is 5.32 Å². The zero-order valence-electron chi connectivity index (χ0n) is 11.4. The molecule has 114 valence electrons. The van der Waals surface area contributed by atoms with Gasteiger partial charge in [0.2, 0.25) is 5.91 Å². The van der Waals surface area contributed by atoms with E-state index in [9.17, 15) is 9.59 Å². The quantitative estimate of drug-likeness (QED) is 0.830. The van der Waals surface area contributed by atoms with Crippen LogP contribution in [-0.2, 0) is 16.0 Å². The molecule has 2 rings (SSSR count). The lowest BCUT2D eigenvalue weighted by Gasteiger charge is -2.12. The minimum Gasteiger partial charge on any atom is -0.481 e. The lowest BCUT2D eigenvalue weighted by Crippen LogP contribution is -2.33. The van der Waals surface area contributed by atoms with Crippen molar-refractivity contribution in [2.24, 2.45) is 5.92 Å². The van der Waals surface area contributed by atoms with Gasteiger partial charge < -0.3 is 10.4 Å². The maximum atomic E-state index is 11.9. The van der Waals surface area contributed by atoms with Crippen molar-refractivity contribution in [3.05, 3.63) is 33.3 Å². The van der Waals surface area contributed by atoms with Crippen molar-refractivity contribution in [2.75, 3.05) is 0 Å². The zero-order valence-corrected chi connectivity index (χ0v) is 13.8. The molecular weight excluding hydrogens is 358 g/mol. The third kappa shape index (κ3) is 4.71. The molecule has 1 aliphatic rings. The van der Waals surface area contributed by atoms with Gasteiger partial charge in [0.1, 0.15) is 0 Å². The van der Waals surface area contributed by atoms with Crippen LogP contribution in [-0.4, -0.2) is 23.0 Å². The van der Waals surface area contributed by atoms with Crippen molar-refractivity contribution in [3.8, 4) is 0 Å². The SMILES string of the molecule is O=C(CCc1cc(Cl)ccc1Br)N[C@H]1CC[C@@H](C(=O)O)C1. The van der Waals surface area contributed by atoms with E-state index < -0.39 is 5.97 Å². The van der Waals surface area contributed by atoms with Gasteiger partial charge in [0.25, 0.3) is 0 Å². The number of nitrogens with one attached hydrogen (secondary N) is 1. The zero-order chi connectivity index (χ0) is 15.4. The Morgan fingerprint density at radius 2 is 2.14 bits per heavy atom. The summed E-state index contributed by atoms with van der Waals surface area (Å²) >= 11 is 9.38. The Balaban J connectivity index is 1.80. The van der Waals surface area contributed by atoms with Gasteiger partial charge in [-0.15, -0.1) is 0 Å². The molecule has 0 unspecified atom stereocenters. The second kappa shape index (κ2) is 7.27. The number of carboxylic acids is 1. The second-order valence-corrected chi connectivity index (χ2v) is 6.64. The fourth-order valence-corrected chi connectivity index (χ4v) is 3.26. The minimum absolute atomic E-state index is 0.0126. The van der Waals surface area contributed by atoms with E-state index in [1.807, 2.05) is 12.1 Å². The monoisotopic (exact) mass is 373 g/mol. The van der Waals surface area contributed by atoms with Gasteiger partial charge in [0, 0.05) is 22.0 Å². The summed E-state index contributed by atoms with van der Waals surface area (Å²) < 4.78 is 0.937. The Morgan fingerprint density at radius 3 is 2.81 bits per heavy atom. The number of carbonyl (C=O) groups is 2. The van der Waals surface area contributed by atoms with Crippen molar-refractivity contribution < 1.29 is 14.7 Å². The summed E-state index contributed by atoms with van der Waals surface area (Å²) in [5, 5.41) is 12.5. The van der Waals surface area contributed by atoms with Crippen LogP contribution in [0.1, 0.15) is 31.2 Å². The van der Waals surface area contributed by atoms with Gasteiger partial charge in [-0.2, -0.15) is 0 Å². The third-order valence-corrected chi connectivity index (χ3v) is 4.78. The van der Waals surface area contributed by atoms with Gasteiger partial charge >= 0.3 is 5.97 Å². The van der Waals surface area contributed by atoms with E-state index in [0.29, 0.717) is 30.7 Å². The molecule has 0 bridgehead atoms. The van der Waals surface area contributed by atoms with E-state index in [2.05, 4.69) is 21.2 Å². The third-order valence-electron chi connectivity index (χ3n) is 3.78. The minimum atomic E-state index is -0.769. The van der Waals surface area contributed by atoms with Crippen LogP contribution in [0, 0.1) is 5.92 Å². The summed E-state index contributed by atoms with van der Waals surface area (Å²) in [4.78, 5) is 22.8. The topological polar surface area (TPSA) is 66.4 Å². The van der Waals surface area contributed by atoms with Gasteiger partial charge in [0.05, 0.1) is 5.92 Å². The number of halogens is 2. The van der Waals surface area contributed by atoms with Crippen LogP contribution in [0.5, 0.6) is 0 Å². The van der Waals surface area contributed by atoms with Crippen molar-refractivity contribution >= 4 is 39.4 Å². The summed E-state index contributed by atoms with van der Waals surface area (Å²) in [6, 6.07) is 5.49. The molecule has 1 amide bonds. The number of hydrogen-bond acceptors (Lipinski definition) is 2. The number of aryl methyl sites for hydroxylation is 1. The van der Waals surface area contributed by atoms with Gasteiger partial charge in [-0.05, 0) is 49.4 Å². The van der Waals surface area contributed by atoms with Crippen LogP contribution >= 0.6 is 27.5 Å². The normalized spacial score (nSPS) is 21.2. The molecule has 0 saturated heterocycles. The average molecular weight is 375 g/mol. The van der Waals surface area contributed by atoms with Gasteiger partial charge in [-0.25, -0.2) is 0 Å². The number of hydrogen-bond donors (Lipinski definition) is 2. The van der Waals surface area contributed by atoms with E-state index in [1.54, 1.807) is 6.07 Å². The number of aliphatic carboxylic acids is 1. The predicted molar refractivity (Wildman–Crippen MR) is 84.4 cm³/mol. The van der Waals surface area contributed by atoms with Crippen LogP contribution in [0.15, 0.2) is 22.7 Å². The highest BCUT2D eigenvalue weighted by atomic mass is 79.9. The summed E-state index contributed by atoms with van der Waals surface area (Å²) in [5.74, 6) is -1.13. The number of carboxylic acid groups (broad SMARTS) is 1. The molecule has 1 aromatic rings. The molecule has 0 radical (unpaired) electrons. The maximum absolute atomic E-state index is 11.9. The summed E-state index contributed by atoms with van der Waals surface area (Å²) in [6.45, 7) is 0. The molecule has 4 nitrogen and oxygen atoms in total. The molecule has 0 spiro atoms. The van der Waals surface area contributed by atoms with E-state index in [1.165, 1.54) is 0 Å². The molecule has 2 N–H and O–H groups in total. The highest BCUT2D eigenvalue weighted by Gasteiger charge is 2.30. The molecule has 0 aromatic heterocycles. The first kappa shape index (κ1) is 16.3. The molecule has 2 atom stereocenters. The second-order valence-electron chi connectivity index (χ2n) is 5.35. The van der Waals surface area contributed by atoms with Gasteiger partial charge in [0.15, 0.2) is 0 Å². The van der Waals surface area contributed by atoms with Crippen LogP contribution in [0.4, 0.5) is 0 Å². The van der Waals surface area contributed by atoms with Crippen LogP contribution in [0.25, 0.3) is 0 Å². The standard InChI is InChI=1S/C15H17BrClNO3/c16-13-5-3-11(17)7-9(13)2-6-14(19)18-12-4-1-10(8-12)15(20)21/h3,5,7,10,12H,1-2,4,6,8H2,(H,18,19)(H,20,21)/t10-,12+/m1/s1. The summed E-state index contributed by atoms with van der Waals surface area (Å²) in [6.07, 6.45) is 2.88. The molecule has 0 aliphatic heterocycles. The van der Waals surface area contributed by atoms with Gasteiger partial charge in [-0.1, -0.05) is 27.5 Å². The van der Waals surface area contributed by atoms with Crippen molar-refractivity contribution in [1.29, 1.82) is 0 Å². The van der Waals surface area contributed by atoms with E-state index >= 15 is 0 Å². The molecule has 1 saturated carbocycles. The maximum Gasteiger partial charge on any atom is 0.306 e. The van der Waals surface area contributed by atoms with Crippen molar-refractivity contribution in [1.82, 2.24) is 5.32 Å². The lowest BCUT2D eigenvalue weighted by atomic mass is 10.1. The molecular formula is C15H17BrClNO3. The summed E-state index contributed by atoms with van der Waals surface area (Å²) in [7, 11) is 0. The van der Waals surface area contributed by atoms with Crippen molar-refractivity contribution in [2.45, 2.75) is 38.1 Å². The van der Waals surface area contributed by atoms with E-state index in [4.69, 9.17) is 16.7 Å². The van der Waals surface area contributed by atoms with Crippen LogP contribution in [0.3, 0.4) is 0 Å². The number of benzene rings is 1. The molecule has 1 fully saturated rings. The fourth-order valence-electron chi connectivity index (χ4n) is 2.62. The van der Waals surface area contributed by atoms with Crippen molar-refractivity contribution in [3.63, 3.8) is 0 Å². The number of carbonyl (C=O) groups excluding carboxylic acids is 1. The molecule has 1 aliphatic carbocycles. The Hall–Kier alpha value is -1.07. The highest BCUT2D eigenvalue weighted by molar-refractivity contribution is 9.10. The van der Waals surface area contributed by atoms with E-state index in [0.717, 1.165) is 16.5 Å². The first-order valence-corrected chi connectivity index (χ1v) is 8.09. The van der Waals surface area contributed by atoms with Gasteiger partial charge in [-0.3, -0.25) is 9.59 Å². The molecule has 21 heavy (non-hydrogen) atoms. The fraction of sp³-hybridized carbons (Fsp3) is 0.467. The first-order valence-electron chi connectivity index (χ1n) is 6.92. The average Bonchev–Trinajstić information content (AvgIpc) is 2.88. The molecule has 1 aromatic carbocycles. The Morgan fingerprint density at radius 1 is 1.38 bits per heavy atom. The Kier molecular flexibility index (Phi) is 5.65. The predicted octanol–water partition coefficient (Wildman–Crippen LogP) is 3.40. The Bertz CT molecular complexity index is 550.